The molecule has 0 saturated carbocycles. The Kier molecular flexibility index (Phi) is 8.71. The van der Waals surface area contributed by atoms with Crippen LogP contribution in [0.5, 0.6) is 5.75 Å². The average Bonchev–Trinajstić information content (AvgIpc) is 2.79. The fourth-order valence-corrected chi connectivity index (χ4v) is 4.96. The fraction of sp³-hybridized carbons (Fsp3) is 0.458. The van der Waals surface area contributed by atoms with Crippen molar-refractivity contribution in [3.63, 3.8) is 0 Å². The lowest BCUT2D eigenvalue weighted by atomic mass is 10.1. The molecule has 1 fully saturated rings. The number of nitrogens with zero attached hydrogens (tertiary/aromatic N) is 2. The molecule has 1 aliphatic rings. The van der Waals surface area contributed by atoms with E-state index in [1.165, 1.54) is 5.56 Å². The molecule has 1 N–H and O–H groups in total. The minimum atomic E-state index is -3.67. The van der Waals surface area contributed by atoms with Crippen LogP contribution < -0.4 is 14.4 Å². The second kappa shape index (κ2) is 11.5. The Hall–Kier alpha value is -2.62. The molecule has 1 heterocycles. The van der Waals surface area contributed by atoms with Gasteiger partial charge in [0.15, 0.2) is 0 Å². The molecule has 0 bridgehead atoms. The van der Waals surface area contributed by atoms with Crippen LogP contribution in [0.4, 0.5) is 5.69 Å². The highest BCUT2D eigenvalue weighted by molar-refractivity contribution is 7.92. The molecule has 33 heavy (non-hydrogen) atoms. The van der Waals surface area contributed by atoms with Gasteiger partial charge in [0.25, 0.3) is 0 Å². The summed E-state index contributed by atoms with van der Waals surface area (Å²) in [7, 11) is -3.67. The number of amides is 1. The first-order valence-electron chi connectivity index (χ1n) is 11.2. The van der Waals surface area contributed by atoms with E-state index in [1.54, 1.807) is 31.2 Å². The van der Waals surface area contributed by atoms with Crippen LogP contribution in [-0.4, -0.2) is 64.4 Å². The lowest BCUT2D eigenvalue weighted by Crippen LogP contribution is -2.47. The molecule has 1 aliphatic heterocycles. The van der Waals surface area contributed by atoms with Gasteiger partial charge in [-0.05, 0) is 49.2 Å². The Morgan fingerprint density at radius 1 is 1.09 bits per heavy atom. The van der Waals surface area contributed by atoms with Crippen molar-refractivity contribution in [1.29, 1.82) is 0 Å². The standard InChI is InChI=1S/C24H33N3O5S/c1-4-32-23-11-9-22(10-12-23)27(33(3,29)30)19(2)24(28)25-17-20-5-7-21(8-6-20)18-26-13-15-31-16-14-26/h5-12,19H,4,13-18H2,1-3H3,(H,25,28). The van der Waals surface area contributed by atoms with Crippen LogP contribution in [0.25, 0.3) is 0 Å². The summed E-state index contributed by atoms with van der Waals surface area (Å²) >= 11 is 0. The van der Waals surface area contributed by atoms with E-state index in [9.17, 15) is 13.2 Å². The largest absolute Gasteiger partial charge is 0.494 e. The number of nitrogens with one attached hydrogen (secondary N) is 1. The lowest BCUT2D eigenvalue weighted by molar-refractivity contribution is -0.122. The highest BCUT2D eigenvalue weighted by Crippen LogP contribution is 2.24. The third-order valence-electron chi connectivity index (χ3n) is 5.49. The molecule has 2 aromatic carbocycles. The van der Waals surface area contributed by atoms with Crippen LogP contribution in [0.2, 0.25) is 0 Å². The molecule has 3 rings (SSSR count). The van der Waals surface area contributed by atoms with E-state index in [0.717, 1.165) is 49.0 Å². The molecule has 8 nitrogen and oxygen atoms in total. The van der Waals surface area contributed by atoms with Crippen molar-refractivity contribution < 1.29 is 22.7 Å². The second-order valence-electron chi connectivity index (χ2n) is 8.08. The molecule has 2 aromatic rings. The van der Waals surface area contributed by atoms with Gasteiger partial charge in [-0.3, -0.25) is 14.0 Å². The number of sulfonamides is 1. The van der Waals surface area contributed by atoms with E-state index in [1.807, 2.05) is 19.1 Å². The molecule has 1 atom stereocenters. The number of ether oxygens (including phenoxy) is 2. The topological polar surface area (TPSA) is 88.2 Å². The normalized spacial score (nSPS) is 15.6. The highest BCUT2D eigenvalue weighted by Gasteiger charge is 2.29. The molecule has 1 unspecified atom stereocenters. The van der Waals surface area contributed by atoms with Crippen molar-refractivity contribution in [1.82, 2.24) is 10.2 Å². The van der Waals surface area contributed by atoms with E-state index in [-0.39, 0.29) is 5.91 Å². The summed E-state index contributed by atoms with van der Waals surface area (Å²) in [5, 5.41) is 2.86. The van der Waals surface area contributed by atoms with E-state index in [0.29, 0.717) is 24.6 Å². The molecular formula is C24H33N3O5S. The number of rotatable bonds is 10. The van der Waals surface area contributed by atoms with Crippen molar-refractivity contribution in [3.8, 4) is 5.75 Å². The molecule has 1 saturated heterocycles. The minimum Gasteiger partial charge on any atom is -0.494 e. The maximum Gasteiger partial charge on any atom is 0.243 e. The maximum atomic E-state index is 12.8. The average molecular weight is 476 g/mol. The van der Waals surface area contributed by atoms with Crippen LogP contribution >= 0.6 is 0 Å². The quantitative estimate of drug-likeness (QED) is 0.568. The summed E-state index contributed by atoms with van der Waals surface area (Å²) in [5.74, 6) is 0.274. The third kappa shape index (κ3) is 7.18. The van der Waals surface area contributed by atoms with Crippen molar-refractivity contribution in [2.24, 2.45) is 0 Å². The van der Waals surface area contributed by atoms with Gasteiger partial charge in [-0.15, -0.1) is 0 Å². The van der Waals surface area contributed by atoms with Gasteiger partial charge in [0, 0.05) is 26.2 Å². The molecule has 0 aliphatic carbocycles. The van der Waals surface area contributed by atoms with Crippen molar-refractivity contribution in [2.75, 3.05) is 43.5 Å². The number of anilines is 1. The molecule has 180 valence electrons. The molecular weight excluding hydrogens is 442 g/mol. The molecule has 0 aromatic heterocycles. The number of carbonyl (C=O) groups is 1. The Morgan fingerprint density at radius 3 is 2.27 bits per heavy atom. The molecule has 0 spiro atoms. The predicted molar refractivity (Wildman–Crippen MR) is 129 cm³/mol. The summed E-state index contributed by atoms with van der Waals surface area (Å²) in [5.41, 5.74) is 2.57. The van der Waals surface area contributed by atoms with Gasteiger partial charge in [-0.2, -0.15) is 0 Å². The number of benzene rings is 2. The number of hydrogen-bond acceptors (Lipinski definition) is 6. The van der Waals surface area contributed by atoms with Crippen molar-refractivity contribution in [3.05, 3.63) is 59.7 Å². The van der Waals surface area contributed by atoms with E-state index in [2.05, 4.69) is 22.3 Å². The summed E-state index contributed by atoms with van der Waals surface area (Å²) in [6, 6.07) is 13.9. The van der Waals surface area contributed by atoms with Gasteiger partial charge in [0.1, 0.15) is 11.8 Å². The highest BCUT2D eigenvalue weighted by atomic mass is 32.2. The Bertz CT molecular complexity index is 1000. The summed E-state index contributed by atoms with van der Waals surface area (Å²) in [6.45, 7) is 8.57. The van der Waals surface area contributed by atoms with Gasteiger partial charge in [0.05, 0.1) is 31.8 Å². The van der Waals surface area contributed by atoms with E-state index < -0.39 is 16.1 Å². The van der Waals surface area contributed by atoms with Crippen LogP contribution in [0, 0.1) is 0 Å². The molecule has 0 radical (unpaired) electrons. The van der Waals surface area contributed by atoms with Gasteiger partial charge in [0.2, 0.25) is 15.9 Å². The van der Waals surface area contributed by atoms with Gasteiger partial charge in [-0.1, -0.05) is 24.3 Å². The van der Waals surface area contributed by atoms with Crippen molar-refractivity contribution >= 4 is 21.6 Å². The first kappa shape index (κ1) is 25.0. The molecule has 9 heteroatoms. The maximum absolute atomic E-state index is 12.8. The molecule has 1 amide bonds. The van der Waals surface area contributed by atoms with Gasteiger partial charge >= 0.3 is 0 Å². The lowest BCUT2D eigenvalue weighted by Gasteiger charge is -2.28. The predicted octanol–water partition coefficient (Wildman–Crippen LogP) is 2.39. The van der Waals surface area contributed by atoms with E-state index >= 15 is 0 Å². The zero-order chi connectivity index (χ0) is 23.8. The number of morpholine rings is 1. The summed E-state index contributed by atoms with van der Waals surface area (Å²) in [4.78, 5) is 15.2. The van der Waals surface area contributed by atoms with Crippen molar-refractivity contribution in [2.45, 2.75) is 33.0 Å². The van der Waals surface area contributed by atoms with Crippen LogP contribution in [0.3, 0.4) is 0 Å². The second-order valence-corrected chi connectivity index (χ2v) is 9.94. The zero-order valence-corrected chi connectivity index (χ0v) is 20.3. The fourth-order valence-electron chi connectivity index (χ4n) is 3.78. The summed E-state index contributed by atoms with van der Waals surface area (Å²) < 4.78 is 36.9. The summed E-state index contributed by atoms with van der Waals surface area (Å²) in [6.07, 6.45) is 1.10. The Labute approximate surface area is 196 Å². The monoisotopic (exact) mass is 475 g/mol. The third-order valence-corrected chi connectivity index (χ3v) is 6.73. The zero-order valence-electron chi connectivity index (χ0n) is 19.5. The first-order chi connectivity index (χ1) is 15.8. The number of hydrogen-bond donors (Lipinski definition) is 1. The van der Waals surface area contributed by atoms with E-state index in [4.69, 9.17) is 9.47 Å². The van der Waals surface area contributed by atoms with Crippen LogP contribution in [-0.2, 0) is 32.6 Å². The van der Waals surface area contributed by atoms with Gasteiger partial charge in [-0.25, -0.2) is 8.42 Å². The SMILES string of the molecule is CCOc1ccc(N(C(C)C(=O)NCc2ccc(CN3CCOCC3)cc2)S(C)(=O)=O)cc1. The Morgan fingerprint density at radius 2 is 1.70 bits per heavy atom. The number of carbonyl (C=O) groups excluding carboxylic acids is 1. The smallest absolute Gasteiger partial charge is 0.243 e. The van der Waals surface area contributed by atoms with Crippen LogP contribution in [0.15, 0.2) is 48.5 Å². The first-order valence-corrected chi connectivity index (χ1v) is 13.0. The van der Waals surface area contributed by atoms with Crippen LogP contribution in [0.1, 0.15) is 25.0 Å². The minimum absolute atomic E-state index is 0.321. The van der Waals surface area contributed by atoms with Gasteiger partial charge < -0.3 is 14.8 Å². The Balaban J connectivity index is 1.60.